The summed E-state index contributed by atoms with van der Waals surface area (Å²) in [6, 6.07) is -0.102. The second-order valence-electron chi connectivity index (χ2n) is 8.97. The van der Waals surface area contributed by atoms with Gasteiger partial charge in [0.15, 0.2) is 8.32 Å². The van der Waals surface area contributed by atoms with Crippen LogP contribution in [0.25, 0.3) is 0 Å². The van der Waals surface area contributed by atoms with Crippen LogP contribution in [0.5, 0.6) is 0 Å². The predicted molar refractivity (Wildman–Crippen MR) is 96.4 cm³/mol. The van der Waals surface area contributed by atoms with Gasteiger partial charge in [0.1, 0.15) is 12.2 Å². The lowest BCUT2D eigenvalue weighted by molar-refractivity contribution is -0.278. The molecule has 0 N–H and O–H groups in total. The van der Waals surface area contributed by atoms with Crippen molar-refractivity contribution in [2.24, 2.45) is 0 Å². The summed E-state index contributed by atoms with van der Waals surface area (Å²) < 4.78 is 12.0. The molecule has 0 saturated carbocycles. The molecule has 24 heavy (non-hydrogen) atoms. The summed E-state index contributed by atoms with van der Waals surface area (Å²) in [4.78, 5) is 24.0. The van der Waals surface area contributed by atoms with Gasteiger partial charge < -0.3 is 14.1 Å². The Labute approximate surface area is 147 Å². The first-order chi connectivity index (χ1) is 10.8. The number of nitrogens with zero attached hydrogens (tertiary/aromatic N) is 1. The maximum Gasteiger partial charge on any atom is 0.410 e. The number of hydrogen-bond acceptors (Lipinski definition) is 5. The molecule has 0 aliphatic carbocycles. The van der Waals surface area contributed by atoms with Gasteiger partial charge in [-0.05, 0) is 45.3 Å². The van der Waals surface area contributed by atoms with E-state index in [9.17, 15) is 4.79 Å². The predicted octanol–water partition coefficient (Wildman–Crippen LogP) is 3.96. The zero-order chi connectivity index (χ0) is 18.8. The van der Waals surface area contributed by atoms with Gasteiger partial charge in [-0.25, -0.2) is 14.6 Å². The van der Waals surface area contributed by atoms with Gasteiger partial charge in [-0.3, -0.25) is 0 Å². The molecule has 1 rings (SSSR count). The molecule has 0 unspecified atom stereocenters. The first kappa shape index (κ1) is 21.4. The number of hydrogen-bond donors (Lipinski definition) is 0. The second-order valence-corrected chi connectivity index (χ2v) is 13.7. The van der Waals surface area contributed by atoms with Crippen LogP contribution in [0.4, 0.5) is 4.79 Å². The van der Waals surface area contributed by atoms with E-state index in [2.05, 4.69) is 33.9 Å². The van der Waals surface area contributed by atoms with Crippen molar-refractivity contribution < 1.29 is 23.7 Å². The van der Waals surface area contributed by atoms with Crippen LogP contribution in [0.1, 0.15) is 48.0 Å². The molecular weight excluding hydrogens is 326 g/mol. The van der Waals surface area contributed by atoms with Gasteiger partial charge in [-0.2, -0.15) is 0 Å². The molecule has 1 fully saturated rings. The topological polar surface area (TPSA) is 57.2 Å². The molecule has 1 amide bonds. The summed E-state index contributed by atoms with van der Waals surface area (Å²) in [5.74, 6) is 0. The minimum absolute atomic E-state index is 0.00358. The molecule has 2 atom stereocenters. The molecule has 1 heterocycles. The van der Waals surface area contributed by atoms with E-state index in [4.69, 9.17) is 18.9 Å². The number of rotatable bonds is 5. The molecular formula is C17H35NO5Si. The Morgan fingerprint density at radius 1 is 1.17 bits per heavy atom. The first-order valence-electron chi connectivity index (χ1n) is 8.60. The van der Waals surface area contributed by atoms with Crippen molar-refractivity contribution in [1.82, 2.24) is 4.90 Å². The van der Waals surface area contributed by atoms with E-state index in [1.54, 1.807) is 4.90 Å². The molecule has 142 valence electrons. The Kier molecular flexibility index (Phi) is 6.89. The van der Waals surface area contributed by atoms with Crippen molar-refractivity contribution in [2.45, 2.75) is 83.8 Å². The molecule has 1 aliphatic heterocycles. The Morgan fingerprint density at radius 2 is 1.75 bits per heavy atom. The molecule has 0 bridgehead atoms. The molecule has 0 radical (unpaired) electrons. The maximum absolute atomic E-state index is 12.5. The Bertz CT molecular complexity index is 428. The Morgan fingerprint density at radius 3 is 2.21 bits per heavy atom. The van der Waals surface area contributed by atoms with E-state index < -0.39 is 13.9 Å². The standard InChI is InChI=1S/C17H35NO5Si/c1-16(2,3)22-15(19)18-11-14(10-13(18)12-21-20-7)23-24(8,9)17(4,5)6/h13-14H,10-12H2,1-9H3/t13-,14+/m0/s1. The average molecular weight is 362 g/mol. The molecule has 1 saturated heterocycles. The van der Waals surface area contributed by atoms with Crippen molar-refractivity contribution in [3.8, 4) is 0 Å². The van der Waals surface area contributed by atoms with Crippen molar-refractivity contribution in [1.29, 1.82) is 0 Å². The highest BCUT2D eigenvalue weighted by molar-refractivity contribution is 6.74. The normalized spacial score (nSPS) is 22.8. The van der Waals surface area contributed by atoms with Crippen molar-refractivity contribution >= 4 is 14.4 Å². The minimum atomic E-state index is -1.89. The summed E-state index contributed by atoms with van der Waals surface area (Å²) in [6.07, 6.45) is 0.409. The monoisotopic (exact) mass is 361 g/mol. The zero-order valence-electron chi connectivity index (χ0n) is 16.8. The SMILES string of the molecule is COOC[C@@H]1C[C@@H](O[Si](C)(C)C(C)(C)C)CN1C(=O)OC(C)(C)C. The minimum Gasteiger partial charge on any atom is -0.444 e. The zero-order valence-corrected chi connectivity index (χ0v) is 17.8. The van der Waals surface area contributed by atoms with Crippen molar-refractivity contribution in [3.63, 3.8) is 0 Å². The van der Waals surface area contributed by atoms with Crippen molar-refractivity contribution in [2.75, 3.05) is 20.3 Å². The summed E-state index contributed by atoms with van der Waals surface area (Å²) >= 11 is 0. The van der Waals surface area contributed by atoms with Gasteiger partial charge >= 0.3 is 6.09 Å². The number of carbonyl (C=O) groups is 1. The number of ether oxygens (including phenoxy) is 1. The molecule has 0 aromatic rings. The van der Waals surface area contributed by atoms with Crippen LogP contribution in [0, 0.1) is 0 Å². The fourth-order valence-corrected chi connectivity index (χ4v) is 3.76. The molecule has 0 aromatic carbocycles. The molecule has 6 nitrogen and oxygen atoms in total. The van der Waals surface area contributed by atoms with E-state index >= 15 is 0 Å². The summed E-state index contributed by atoms with van der Waals surface area (Å²) in [5, 5.41) is 0.130. The third-order valence-corrected chi connectivity index (χ3v) is 9.18. The van der Waals surface area contributed by atoms with Gasteiger partial charge in [-0.15, -0.1) is 0 Å². The summed E-state index contributed by atoms with van der Waals surface area (Å²) in [5.41, 5.74) is -0.526. The highest BCUT2D eigenvalue weighted by Gasteiger charge is 2.44. The Hall–Kier alpha value is -0.633. The van der Waals surface area contributed by atoms with E-state index in [1.807, 2.05) is 20.8 Å². The molecule has 7 heteroatoms. The average Bonchev–Trinajstić information content (AvgIpc) is 2.75. The van der Waals surface area contributed by atoms with Crippen molar-refractivity contribution in [3.05, 3.63) is 0 Å². The molecule has 0 spiro atoms. The Balaban J connectivity index is 2.81. The fourth-order valence-electron chi connectivity index (χ4n) is 2.40. The van der Waals surface area contributed by atoms with E-state index in [-0.39, 0.29) is 23.3 Å². The quantitative estimate of drug-likeness (QED) is 0.421. The van der Waals surface area contributed by atoms with Gasteiger partial charge in [0.2, 0.25) is 0 Å². The van der Waals surface area contributed by atoms with Gasteiger partial charge in [0.25, 0.3) is 0 Å². The summed E-state index contributed by atoms with van der Waals surface area (Å²) in [6.45, 7) is 17.5. The van der Waals surface area contributed by atoms with Crippen LogP contribution >= 0.6 is 0 Å². The lowest BCUT2D eigenvalue weighted by Gasteiger charge is -2.38. The second kappa shape index (κ2) is 7.72. The third kappa shape index (κ3) is 6.02. The number of amides is 1. The van der Waals surface area contributed by atoms with E-state index in [1.165, 1.54) is 7.11 Å². The highest BCUT2D eigenvalue weighted by Crippen LogP contribution is 2.39. The highest BCUT2D eigenvalue weighted by atomic mass is 28.4. The molecule has 1 aliphatic rings. The van der Waals surface area contributed by atoms with E-state index in [0.717, 1.165) is 6.42 Å². The summed E-state index contributed by atoms with van der Waals surface area (Å²) in [7, 11) is -0.424. The van der Waals surface area contributed by atoms with Crippen LogP contribution in [0.3, 0.4) is 0 Å². The van der Waals surface area contributed by atoms with Gasteiger partial charge in [0.05, 0.1) is 19.3 Å². The molecule has 0 aromatic heterocycles. The van der Waals surface area contributed by atoms with Crippen LogP contribution in [-0.2, 0) is 18.9 Å². The number of carbonyl (C=O) groups excluding carboxylic acids is 1. The van der Waals surface area contributed by atoms with Gasteiger partial charge in [0, 0.05) is 6.54 Å². The first-order valence-corrected chi connectivity index (χ1v) is 11.5. The smallest absolute Gasteiger partial charge is 0.410 e. The maximum atomic E-state index is 12.5. The lowest BCUT2D eigenvalue weighted by atomic mass is 10.2. The number of likely N-dealkylation sites (tertiary alicyclic amines) is 1. The fraction of sp³-hybridized carbons (Fsp3) is 0.941. The third-order valence-electron chi connectivity index (χ3n) is 4.65. The van der Waals surface area contributed by atoms with Crippen LogP contribution < -0.4 is 0 Å². The largest absolute Gasteiger partial charge is 0.444 e. The lowest BCUT2D eigenvalue weighted by Crippen LogP contribution is -2.45. The van der Waals surface area contributed by atoms with Gasteiger partial charge in [-0.1, -0.05) is 20.8 Å². The van der Waals surface area contributed by atoms with Crippen LogP contribution in [-0.4, -0.2) is 57.3 Å². The van der Waals surface area contributed by atoms with Crippen LogP contribution in [0.15, 0.2) is 0 Å². The van der Waals surface area contributed by atoms with Crippen LogP contribution in [0.2, 0.25) is 18.1 Å². The van der Waals surface area contributed by atoms with E-state index in [0.29, 0.717) is 13.2 Å².